The predicted octanol–water partition coefficient (Wildman–Crippen LogP) is 5.40. The van der Waals surface area contributed by atoms with Crippen molar-refractivity contribution in [2.75, 3.05) is 26.3 Å². The normalized spacial score (nSPS) is 11.0. The minimum Gasteiger partial charge on any atom is -0.494 e. The highest BCUT2D eigenvalue weighted by molar-refractivity contribution is 5.29. The van der Waals surface area contributed by atoms with E-state index in [1.54, 1.807) is 0 Å². The Kier molecular flexibility index (Phi) is 11.2. The van der Waals surface area contributed by atoms with Gasteiger partial charge in [-0.2, -0.15) is 0 Å². The Balaban J connectivity index is 1.91. The largest absolute Gasteiger partial charge is 0.494 e. The maximum atomic E-state index is 5.77. The quantitative estimate of drug-likeness (QED) is 0.408. The van der Waals surface area contributed by atoms with Crippen molar-refractivity contribution in [1.29, 1.82) is 0 Å². The number of nitrogens with zero attached hydrogens (tertiary/aromatic N) is 1. The molecule has 0 heterocycles. The molecule has 0 saturated carbocycles. The van der Waals surface area contributed by atoms with E-state index in [-0.39, 0.29) is 0 Å². The summed E-state index contributed by atoms with van der Waals surface area (Å²) < 4.78 is 11.5. The summed E-state index contributed by atoms with van der Waals surface area (Å²) in [5.41, 5.74) is 8.35. The van der Waals surface area contributed by atoms with Gasteiger partial charge in [0.2, 0.25) is 0 Å². The zero-order valence-electron chi connectivity index (χ0n) is 18.2. The minimum atomic E-state index is 0.713. The SMILES string of the molecule is CCCCOc1ccc(CN(CCCN)Cc2ccc(OCCCC)cc2)cc1. The molecule has 0 fully saturated rings. The summed E-state index contributed by atoms with van der Waals surface area (Å²) in [6.07, 6.45) is 5.49. The lowest BCUT2D eigenvalue weighted by atomic mass is 10.1. The van der Waals surface area contributed by atoms with Crippen molar-refractivity contribution in [3.05, 3.63) is 59.7 Å². The van der Waals surface area contributed by atoms with Crippen molar-refractivity contribution in [3.63, 3.8) is 0 Å². The van der Waals surface area contributed by atoms with E-state index in [1.165, 1.54) is 11.1 Å². The lowest BCUT2D eigenvalue weighted by Gasteiger charge is -2.22. The van der Waals surface area contributed by atoms with E-state index in [1.807, 2.05) is 0 Å². The Labute approximate surface area is 177 Å². The predicted molar refractivity (Wildman–Crippen MR) is 121 cm³/mol. The van der Waals surface area contributed by atoms with Crippen molar-refractivity contribution in [2.24, 2.45) is 5.73 Å². The van der Waals surface area contributed by atoms with Crippen LogP contribution in [0.2, 0.25) is 0 Å². The molecular formula is C25H38N2O2. The van der Waals surface area contributed by atoms with E-state index in [2.05, 4.69) is 67.3 Å². The molecule has 0 aliphatic carbocycles. The van der Waals surface area contributed by atoms with Crippen LogP contribution in [0.5, 0.6) is 11.5 Å². The van der Waals surface area contributed by atoms with Gasteiger partial charge in [-0.05, 0) is 61.2 Å². The van der Waals surface area contributed by atoms with E-state index in [9.17, 15) is 0 Å². The van der Waals surface area contributed by atoms with Gasteiger partial charge in [-0.3, -0.25) is 4.90 Å². The van der Waals surface area contributed by atoms with Gasteiger partial charge in [0.15, 0.2) is 0 Å². The number of unbranched alkanes of at least 4 members (excludes halogenated alkanes) is 2. The fraction of sp³-hybridized carbons (Fsp3) is 0.520. The molecule has 2 aromatic carbocycles. The molecule has 2 rings (SSSR count). The van der Waals surface area contributed by atoms with Gasteiger partial charge < -0.3 is 15.2 Å². The van der Waals surface area contributed by atoms with Crippen molar-refractivity contribution >= 4 is 0 Å². The molecule has 0 bridgehead atoms. The van der Waals surface area contributed by atoms with Crippen LogP contribution in [0.15, 0.2) is 48.5 Å². The average molecular weight is 399 g/mol. The summed E-state index contributed by atoms with van der Waals surface area (Å²) in [7, 11) is 0. The lowest BCUT2D eigenvalue weighted by molar-refractivity contribution is 0.254. The minimum absolute atomic E-state index is 0.713. The average Bonchev–Trinajstić information content (AvgIpc) is 2.75. The molecule has 0 atom stereocenters. The van der Waals surface area contributed by atoms with Crippen LogP contribution in [-0.2, 0) is 13.1 Å². The van der Waals surface area contributed by atoms with Gasteiger partial charge >= 0.3 is 0 Å². The Morgan fingerprint density at radius 1 is 0.690 bits per heavy atom. The third-order valence-corrected chi connectivity index (χ3v) is 4.87. The fourth-order valence-electron chi connectivity index (χ4n) is 3.10. The summed E-state index contributed by atoms with van der Waals surface area (Å²) >= 11 is 0. The lowest BCUT2D eigenvalue weighted by Crippen LogP contribution is -2.25. The molecule has 4 nitrogen and oxygen atoms in total. The molecular weight excluding hydrogens is 360 g/mol. The summed E-state index contributed by atoms with van der Waals surface area (Å²) in [5, 5.41) is 0. The fourth-order valence-corrected chi connectivity index (χ4v) is 3.10. The Morgan fingerprint density at radius 3 is 1.52 bits per heavy atom. The van der Waals surface area contributed by atoms with Crippen LogP contribution in [0.1, 0.15) is 57.1 Å². The summed E-state index contributed by atoms with van der Waals surface area (Å²) in [4.78, 5) is 2.45. The summed E-state index contributed by atoms with van der Waals surface area (Å²) in [6, 6.07) is 17.0. The first-order chi connectivity index (χ1) is 14.2. The van der Waals surface area contributed by atoms with Crippen LogP contribution >= 0.6 is 0 Å². The van der Waals surface area contributed by atoms with Gasteiger partial charge in [-0.15, -0.1) is 0 Å². The first kappa shape index (κ1) is 23.2. The summed E-state index contributed by atoms with van der Waals surface area (Å²) in [5.74, 6) is 1.91. The van der Waals surface area contributed by atoms with E-state index in [0.717, 1.165) is 76.5 Å². The summed E-state index contributed by atoms with van der Waals surface area (Å²) in [6.45, 7) is 9.44. The first-order valence-corrected chi connectivity index (χ1v) is 11.1. The molecule has 0 aliphatic heterocycles. The standard InChI is InChI=1S/C25H38N2O2/c1-3-5-18-28-24-12-8-22(9-13-24)20-27(17-7-16-26)21-23-10-14-25(15-11-23)29-19-6-4-2/h8-15H,3-7,16-21,26H2,1-2H3. The smallest absolute Gasteiger partial charge is 0.119 e. The highest BCUT2D eigenvalue weighted by Crippen LogP contribution is 2.18. The van der Waals surface area contributed by atoms with Crippen LogP contribution in [0, 0.1) is 0 Å². The highest BCUT2D eigenvalue weighted by Gasteiger charge is 2.08. The Hall–Kier alpha value is -2.04. The van der Waals surface area contributed by atoms with Crippen LogP contribution in [0.3, 0.4) is 0 Å². The molecule has 0 unspecified atom stereocenters. The molecule has 29 heavy (non-hydrogen) atoms. The highest BCUT2D eigenvalue weighted by atomic mass is 16.5. The second-order valence-corrected chi connectivity index (χ2v) is 7.54. The second-order valence-electron chi connectivity index (χ2n) is 7.54. The number of nitrogens with two attached hydrogens (primary N) is 1. The molecule has 4 heteroatoms. The topological polar surface area (TPSA) is 47.7 Å². The van der Waals surface area contributed by atoms with Crippen molar-refractivity contribution in [1.82, 2.24) is 4.90 Å². The van der Waals surface area contributed by atoms with Gasteiger partial charge in [-0.25, -0.2) is 0 Å². The first-order valence-electron chi connectivity index (χ1n) is 11.1. The van der Waals surface area contributed by atoms with Crippen LogP contribution in [0.4, 0.5) is 0 Å². The van der Waals surface area contributed by atoms with Crippen molar-refractivity contribution < 1.29 is 9.47 Å². The van der Waals surface area contributed by atoms with E-state index < -0.39 is 0 Å². The Bertz CT molecular complexity index is 600. The molecule has 2 aromatic rings. The molecule has 2 N–H and O–H groups in total. The van der Waals surface area contributed by atoms with E-state index in [0.29, 0.717) is 6.54 Å². The van der Waals surface area contributed by atoms with Crippen LogP contribution in [-0.4, -0.2) is 31.2 Å². The third-order valence-electron chi connectivity index (χ3n) is 4.87. The molecule has 0 spiro atoms. The van der Waals surface area contributed by atoms with Gasteiger partial charge in [0, 0.05) is 19.6 Å². The van der Waals surface area contributed by atoms with Gasteiger partial charge in [0.1, 0.15) is 11.5 Å². The molecule has 0 aromatic heterocycles. The van der Waals surface area contributed by atoms with Gasteiger partial charge in [0.25, 0.3) is 0 Å². The second kappa shape index (κ2) is 14.0. The Morgan fingerprint density at radius 2 is 1.14 bits per heavy atom. The number of hydrogen-bond acceptors (Lipinski definition) is 4. The molecule has 0 radical (unpaired) electrons. The van der Waals surface area contributed by atoms with Gasteiger partial charge in [-0.1, -0.05) is 51.0 Å². The maximum Gasteiger partial charge on any atom is 0.119 e. The van der Waals surface area contributed by atoms with Crippen LogP contribution < -0.4 is 15.2 Å². The number of hydrogen-bond donors (Lipinski definition) is 1. The van der Waals surface area contributed by atoms with Crippen LogP contribution in [0.25, 0.3) is 0 Å². The number of ether oxygens (including phenoxy) is 2. The van der Waals surface area contributed by atoms with Crippen molar-refractivity contribution in [2.45, 2.75) is 59.0 Å². The van der Waals surface area contributed by atoms with E-state index in [4.69, 9.17) is 15.2 Å². The molecule has 0 aliphatic rings. The number of rotatable bonds is 15. The molecule has 0 saturated heterocycles. The molecule has 160 valence electrons. The number of benzene rings is 2. The monoisotopic (exact) mass is 398 g/mol. The zero-order chi connectivity index (χ0) is 20.7. The maximum absolute atomic E-state index is 5.77. The van der Waals surface area contributed by atoms with E-state index >= 15 is 0 Å². The van der Waals surface area contributed by atoms with Gasteiger partial charge in [0.05, 0.1) is 13.2 Å². The molecule has 0 amide bonds. The zero-order valence-corrected chi connectivity index (χ0v) is 18.2. The third kappa shape index (κ3) is 9.33. The van der Waals surface area contributed by atoms with Crippen molar-refractivity contribution in [3.8, 4) is 11.5 Å².